The van der Waals surface area contributed by atoms with Gasteiger partial charge in [-0.25, -0.2) is 0 Å². The maximum absolute atomic E-state index is 13.0. The Bertz CT molecular complexity index is 1610. The summed E-state index contributed by atoms with van der Waals surface area (Å²) < 4.78 is 17.0. The summed E-state index contributed by atoms with van der Waals surface area (Å²) in [6.45, 7) is 6.55. The van der Waals surface area contributed by atoms with Crippen molar-refractivity contribution in [2.75, 3.05) is 13.2 Å². The number of hydrogen-bond acceptors (Lipinski definition) is 6. The van der Waals surface area contributed by atoms with Crippen LogP contribution in [-0.4, -0.2) is 37.2 Å². The number of carbonyl (C=O) groups excluding carboxylic acids is 3. The molecule has 0 radical (unpaired) electrons. The van der Waals surface area contributed by atoms with E-state index in [1.165, 1.54) is 199 Å². The Labute approximate surface area is 515 Å². The second-order valence-electron chi connectivity index (χ2n) is 23.8. The summed E-state index contributed by atoms with van der Waals surface area (Å²) in [5.74, 6) is -0.874. The molecule has 0 fully saturated rings. The molecule has 0 amide bonds. The fourth-order valence-corrected chi connectivity index (χ4v) is 10.2. The van der Waals surface area contributed by atoms with Crippen LogP contribution in [0.25, 0.3) is 0 Å². The molecule has 6 nitrogen and oxygen atoms in total. The maximum atomic E-state index is 13.0. The molecule has 0 rings (SSSR count). The molecule has 0 aliphatic heterocycles. The minimum atomic E-state index is -0.785. The van der Waals surface area contributed by atoms with Crippen LogP contribution in [0.5, 0.6) is 0 Å². The standard InChI is InChI=1S/C77H134O6/c1-4-7-10-13-16-19-22-25-28-30-32-34-35-36-37-38-39-40-41-43-44-46-49-52-55-58-61-64-67-70-76(79)82-73-74(72-81-75(78)69-66-63-60-57-54-51-48-27-24-21-18-15-12-9-6-3)83-77(80)71-68-65-62-59-56-53-50-47-45-42-33-31-29-26-23-20-17-14-11-8-5-2/h7,10,16,19,23,25-26,28,31-34,36-37,45,47,74H,4-6,8-9,11-15,17-18,20-22,24,27,29-30,35,38-44,46,48-73H2,1-3H3/b10-7-,19-16-,26-23-,28-25-,33-31-,34-32-,37-36-,47-45-. The van der Waals surface area contributed by atoms with Gasteiger partial charge in [0.15, 0.2) is 6.10 Å². The summed E-state index contributed by atoms with van der Waals surface area (Å²) in [5.41, 5.74) is 0. The maximum Gasteiger partial charge on any atom is 0.306 e. The number of unbranched alkanes of at least 4 members (excludes halogenated alkanes) is 38. The van der Waals surface area contributed by atoms with Crippen molar-refractivity contribution < 1.29 is 28.6 Å². The molecular weight excluding hydrogens is 1020 g/mol. The SMILES string of the molecule is CC/C=C\C/C=C\C/C=C\C/C=C\C/C=C\CCCCCCCCCCCCCCCC(=O)OCC(COC(=O)CCCCCCCCCCCCCCCCC)OC(=O)CCCCCCCC/C=C\C/C=C\C/C=C\CCCCCCC. The van der Waals surface area contributed by atoms with Crippen molar-refractivity contribution in [3.8, 4) is 0 Å². The van der Waals surface area contributed by atoms with Crippen LogP contribution in [0.15, 0.2) is 97.2 Å². The van der Waals surface area contributed by atoms with Crippen molar-refractivity contribution in [1.29, 1.82) is 0 Å². The first kappa shape index (κ1) is 79.3. The zero-order chi connectivity index (χ0) is 59.9. The van der Waals surface area contributed by atoms with Gasteiger partial charge in [0.1, 0.15) is 13.2 Å². The molecule has 6 heteroatoms. The van der Waals surface area contributed by atoms with Gasteiger partial charge in [-0.1, -0.05) is 330 Å². The highest BCUT2D eigenvalue weighted by molar-refractivity contribution is 5.71. The first-order chi connectivity index (χ1) is 41.0. The van der Waals surface area contributed by atoms with Crippen molar-refractivity contribution in [3.05, 3.63) is 97.2 Å². The Morgan fingerprint density at radius 1 is 0.253 bits per heavy atom. The lowest BCUT2D eigenvalue weighted by Crippen LogP contribution is -2.30. The molecule has 478 valence electrons. The van der Waals surface area contributed by atoms with E-state index in [1.54, 1.807) is 0 Å². The van der Waals surface area contributed by atoms with Crippen molar-refractivity contribution in [1.82, 2.24) is 0 Å². The Hall–Kier alpha value is -3.67. The van der Waals surface area contributed by atoms with Gasteiger partial charge in [0.05, 0.1) is 0 Å². The van der Waals surface area contributed by atoms with Crippen LogP contribution < -0.4 is 0 Å². The van der Waals surface area contributed by atoms with E-state index in [9.17, 15) is 14.4 Å². The Morgan fingerprint density at radius 2 is 0.470 bits per heavy atom. The molecule has 0 N–H and O–H groups in total. The topological polar surface area (TPSA) is 78.9 Å². The lowest BCUT2D eigenvalue weighted by Gasteiger charge is -2.18. The van der Waals surface area contributed by atoms with E-state index in [0.717, 1.165) is 116 Å². The van der Waals surface area contributed by atoms with Crippen LogP contribution in [0.3, 0.4) is 0 Å². The lowest BCUT2D eigenvalue weighted by molar-refractivity contribution is -0.167. The van der Waals surface area contributed by atoms with E-state index < -0.39 is 6.10 Å². The summed E-state index contributed by atoms with van der Waals surface area (Å²) in [6, 6.07) is 0. The monoisotopic (exact) mass is 1160 g/mol. The van der Waals surface area contributed by atoms with Gasteiger partial charge in [0, 0.05) is 19.3 Å². The number of esters is 3. The normalized spacial score (nSPS) is 12.7. The smallest absolute Gasteiger partial charge is 0.306 e. The van der Waals surface area contributed by atoms with Gasteiger partial charge >= 0.3 is 17.9 Å². The molecule has 0 spiro atoms. The molecule has 83 heavy (non-hydrogen) atoms. The second kappa shape index (κ2) is 70.8. The van der Waals surface area contributed by atoms with Crippen molar-refractivity contribution >= 4 is 17.9 Å². The van der Waals surface area contributed by atoms with E-state index >= 15 is 0 Å². The van der Waals surface area contributed by atoms with E-state index in [2.05, 4.69) is 118 Å². The minimum absolute atomic E-state index is 0.0790. The largest absolute Gasteiger partial charge is 0.462 e. The Kier molecular flexibility index (Phi) is 67.7. The van der Waals surface area contributed by atoms with E-state index in [1.807, 2.05) is 0 Å². The molecule has 0 aromatic rings. The summed E-state index contributed by atoms with van der Waals surface area (Å²) in [4.78, 5) is 38.5. The van der Waals surface area contributed by atoms with Crippen LogP contribution in [-0.2, 0) is 28.6 Å². The third-order valence-electron chi connectivity index (χ3n) is 15.6. The van der Waals surface area contributed by atoms with Gasteiger partial charge < -0.3 is 14.2 Å². The summed E-state index contributed by atoms with van der Waals surface area (Å²) in [6.07, 6.45) is 95.7. The lowest BCUT2D eigenvalue weighted by atomic mass is 10.0. The average molecular weight is 1160 g/mol. The third-order valence-corrected chi connectivity index (χ3v) is 15.6. The minimum Gasteiger partial charge on any atom is -0.462 e. The summed E-state index contributed by atoms with van der Waals surface area (Å²) >= 11 is 0. The second-order valence-corrected chi connectivity index (χ2v) is 23.8. The van der Waals surface area contributed by atoms with Gasteiger partial charge in [-0.15, -0.1) is 0 Å². The van der Waals surface area contributed by atoms with Crippen LogP contribution in [0.1, 0.15) is 355 Å². The van der Waals surface area contributed by atoms with Gasteiger partial charge in [-0.05, 0) is 103 Å². The van der Waals surface area contributed by atoms with Gasteiger partial charge in [-0.3, -0.25) is 14.4 Å². The average Bonchev–Trinajstić information content (AvgIpc) is 3.49. The van der Waals surface area contributed by atoms with E-state index in [4.69, 9.17) is 14.2 Å². The van der Waals surface area contributed by atoms with Crippen molar-refractivity contribution in [2.45, 2.75) is 361 Å². The Balaban J connectivity index is 4.31. The van der Waals surface area contributed by atoms with Gasteiger partial charge in [0.2, 0.25) is 0 Å². The molecular formula is C77H134O6. The number of hydrogen-bond donors (Lipinski definition) is 0. The van der Waals surface area contributed by atoms with Crippen molar-refractivity contribution in [3.63, 3.8) is 0 Å². The summed E-state index contributed by atoms with van der Waals surface area (Å²) in [7, 11) is 0. The van der Waals surface area contributed by atoms with Crippen LogP contribution >= 0.6 is 0 Å². The fourth-order valence-electron chi connectivity index (χ4n) is 10.2. The molecule has 0 saturated heterocycles. The van der Waals surface area contributed by atoms with Crippen LogP contribution in [0.2, 0.25) is 0 Å². The third kappa shape index (κ3) is 69.0. The first-order valence-electron chi connectivity index (χ1n) is 35.7. The van der Waals surface area contributed by atoms with Crippen LogP contribution in [0, 0.1) is 0 Å². The van der Waals surface area contributed by atoms with Crippen LogP contribution in [0.4, 0.5) is 0 Å². The quantitative estimate of drug-likeness (QED) is 0.0261. The molecule has 0 heterocycles. The number of ether oxygens (including phenoxy) is 3. The highest BCUT2D eigenvalue weighted by Gasteiger charge is 2.19. The predicted octanol–water partition coefficient (Wildman–Crippen LogP) is 24.8. The molecule has 0 aliphatic rings. The fraction of sp³-hybridized carbons (Fsp3) is 0.753. The molecule has 0 aliphatic carbocycles. The van der Waals surface area contributed by atoms with Gasteiger partial charge in [-0.2, -0.15) is 0 Å². The Morgan fingerprint density at radius 3 is 0.735 bits per heavy atom. The zero-order valence-electron chi connectivity index (χ0n) is 54.9. The predicted molar refractivity (Wildman–Crippen MR) is 362 cm³/mol. The number of carbonyl (C=O) groups is 3. The van der Waals surface area contributed by atoms with E-state index in [-0.39, 0.29) is 31.1 Å². The molecule has 0 saturated carbocycles. The van der Waals surface area contributed by atoms with Gasteiger partial charge in [0.25, 0.3) is 0 Å². The molecule has 1 unspecified atom stereocenters. The first-order valence-corrected chi connectivity index (χ1v) is 35.7. The van der Waals surface area contributed by atoms with Crippen molar-refractivity contribution in [2.24, 2.45) is 0 Å². The molecule has 1 atom stereocenters. The number of allylic oxidation sites excluding steroid dienone is 16. The molecule has 0 aromatic heterocycles. The zero-order valence-corrected chi connectivity index (χ0v) is 54.9. The molecule has 0 aromatic carbocycles. The highest BCUT2D eigenvalue weighted by atomic mass is 16.6. The van der Waals surface area contributed by atoms with E-state index in [0.29, 0.717) is 19.3 Å². The summed E-state index contributed by atoms with van der Waals surface area (Å²) in [5, 5.41) is 0. The highest BCUT2D eigenvalue weighted by Crippen LogP contribution is 2.17. The molecule has 0 bridgehead atoms. The number of rotatable bonds is 65.